The van der Waals surface area contributed by atoms with Crippen LogP contribution in [0.3, 0.4) is 0 Å². The standard InChI is InChI=1S/C13H17FN2O4S/c1-20-13(17)11-6-5-10(14)9-12(11)21(18,19)15-16-7-3-2-4-8-16/h5-6,9,15H,2-4,7-8H2,1H3. The van der Waals surface area contributed by atoms with Gasteiger partial charge in [0.05, 0.1) is 12.7 Å². The third-order valence-corrected chi connectivity index (χ3v) is 4.66. The number of rotatable bonds is 4. The van der Waals surface area contributed by atoms with Gasteiger partial charge in [-0.3, -0.25) is 0 Å². The molecule has 6 nitrogen and oxygen atoms in total. The first-order valence-electron chi connectivity index (χ1n) is 6.59. The number of hydrogen-bond donors (Lipinski definition) is 1. The molecule has 0 aliphatic carbocycles. The van der Waals surface area contributed by atoms with Gasteiger partial charge in [0.2, 0.25) is 0 Å². The lowest BCUT2D eigenvalue weighted by molar-refractivity contribution is 0.0596. The van der Waals surface area contributed by atoms with E-state index in [4.69, 9.17) is 0 Å². The fourth-order valence-electron chi connectivity index (χ4n) is 2.20. The first-order chi connectivity index (χ1) is 9.94. The molecule has 1 fully saturated rings. The molecule has 1 N–H and O–H groups in total. The number of ether oxygens (including phenoxy) is 1. The van der Waals surface area contributed by atoms with E-state index in [0.717, 1.165) is 44.6 Å². The minimum absolute atomic E-state index is 0.191. The van der Waals surface area contributed by atoms with Crippen LogP contribution in [0.15, 0.2) is 23.1 Å². The second-order valence-electron chi connectivity index (χ2n) is 4.77. The fourth-order valence-corrected chi connectivity index (χ4v) is 3.53. The number of piperidine rings is 1. The number of carbonyl (C=O) groups excluding carboxylic acids is 1. The van der Waals surface area contributed by atoms with Crippen molar-refractivity contribution in [2.45, 2.75) is 24.2 Å². The van der Waals surface area contributed by atoms with Gasteiger partial charge >= 0.3 is 5.97 Å². The molecule has 1 saturated heterocycles. The van der Waals surface area contributed by atoms with E-state index in [1.54, 1.807) is 5.01 Å². The normalized spacial score (nSPS) is 16.7. The molecule has 0 bridgehead atoms. The highest BCUT2D eigenvalue weighted by Gasteiger charge is 2.26. The number of halogens is 1. The van der Waals surface area contributed by atoms with Gasteiger partial charge in [0, 0.05) is 13.1 Å². The summed E-state index contributed by atoms with van der Waals surface area (Å²) in [6, 6.07) is 2.94. The summed E-state index contributed by atoms with van der Waals surface area (Å²) in [4.78, 5) is 13.6. The van der Waals surface area contributed by atoms with Crippen molar-refractivity contribution in [3.8, 4) is 0 Å². The summed E-state index contributed by atoms with van der Waals surface area (Å²) >= 11 is 0. The highest BCUT2D eigenvalue weighted by atomic mass is 32.2. The van der Waals surface area contributed by atoms with Crippen molar-refractivity contribution < 1.29 is 22.3 Å². The van der Waals surface area contributed by atoms with Crippen molar-refractivity contribution in [2.24, 2.45) is 0 Å². The molecular weight excluding hydrogens is 299 g/mol. The number of nitrogens with zero attached hydrogens (tertiary/aromatic N) is 1. The van der Waals surface area contributed by atoms with E-state index in [1.165, 1.54) is 0 Å². The van der Waals surface area contributed by atoms with Gasteiger partial charge in [-0.25, -0.2) is 22.6 Å². The maximum atomic E-state index is 13.4. The second kappa shape index (κ2) is 6.50. The number of hydrazine groups is 1. The van der Waals surface area contributed by atoms with E-state index >= 15 is 0 Å². The summed E-state index contributed by atoms with van der Waals surface area (Å²) in [5.74, 6) is -1.56. The van der Waals surface area contributed by atoms with Gasteiger partial charge in [0.25, 0.3) is 10.0 Å². The van der Waals surface area contributed by atoms with Gasteiger partial charge in [-0.05, 0) is 31.0 Å². The topological polar surface area (TPSA) is 75.7 Å². The minimum Gasteiger partial charge on any atom is -0.465 e. The molecule has 8 heteroatoms. The molecule has 1 aliphatic heterocycles. The van der Waals surface area contributed by atoms with Crippen LogP contribution in [0, 0.1) is 5.82 Å². The molecule has 0 spiro atoms. The highest BCUT2D eigenvalue weighted by molar-refractivity contribution is 7.89. The Morgan fingerprint density at radius 2 is 1.95 bits per heavy atom. The van der Waals surface area contributed by atoms with Crippen LogP contribution in [-0.4, -0.2) is 39.6 Å². The SMILES string of the molecule is COC(=O)c1ccc(F)cc1S(=O)(=O)NN1CCCCC1. The second-order valence-corrected chi connectivity index (χ2v) is 6.40. The Balaban J connectivity index is 2.33. The first-order valence-corrected chi connectivity index (χ1v) is 8.07. The number of esters is 1. The van der Waals surface area contributed by atoms with Gasteiger partial charge in [0.1, 0.15) is 10.7 Å². The van der Waals surface area contributed by atoms with Gasteiger partial charge in [-0.15, -0.1) is 4.83 Å². The molecule has 0 saturated carbocycles. The molecule has 116 valence electrons. The lowest BCUT2D eigenvalue weighted by Gasteiger charge is -2.26. The van der Waals surface area contributed by atoms with Crippen LogP contribution >= 0.6 is 0 Å². The van der Waals surface area contributed by atoms with Crippen LogP contribution in [0.1, 0.15) is 29.6 Å². The minimum atomic E-state index is -4.03. The van der Waals surface area contributed by atoms with Crippen molar-refractivity contribution >= 4 is 16.0 Å². The van der Waals surface area contributed by atoms with Crippen LogP contribution in [0.4, 0.5) is 4.39 Å². The number of hydrogen-bond acceptors (Lipinski definition) is 5. The fraction of sp³-hybridized carbons (Fsp3) is 0.462. The lowest BCUT2D eigenvalue weighted by atomic mass is 10.2. The summed E-state index contributed by atoms with van der Waals surface area (Å²) in [6.07, 6.45) is 2.82. The number of sulfonamides is 1. The van der Waals surface area contributed by atoms with E-state index in [-0.39, 0.29) is 5.56 Å². The third-order valence-electron chi connectivity index (χ3n) is 3.24. The largest absolute Gasteiger partial charge is 0.465 e. The third kappa shape index (κ3) is 3.78. The van der Waals surface area contributed by atoms with Crippen molar-refractivity contribution in [1.82, 2.24) is 9.84 Å². The molecule has 1 aromatic carbocycles. The zero-order valence-corrected chi connectivity index (χ0v) is 12.5. The molecule has 2 rings (SSSR count). The zero-order chi connectivity index (χ0) is 15.5. The van der Waals surface area contributed by atoms with Gasteiger partial charge < -0.3 is 4.74 Å². The van der Waals surface area contributed by atoms with Gasteiger partial charge in [-0.1, -0.05) is 6.42 Å². The molecule has 1 heterocycles. The van der Waals surface area contributed by atoms with E-state index < -0.39 is 26.7 Å². The molecule has 21 heavy (non-hydrogen) atoms. The molecule has 0 radical (unpaired) electrons. The van der Waals surface area contributed by atoms with E-state index in [9.17, 15) is 17.6 Å². The van der Waals surface area contributed by atoms with Gasteiger partial charge in [0.15, 0.2) is 0 Å². The predicted molar refractivity (Wildman–Crippen MR) is 73.5 cm³/mol. The molecule has 0 aromatic heterocycles. The van der Waals surface area contributed by atoms with Crippen molar-refractivity contribution in [1.29, 1.82) is 0 Å². The summed E-state index contributed by atoms with van der Waals surface area (Å²) in [5, 5.41) is 1.56. The average Bonchev–Trinajstić information content (AvgIpc) is 2.47. The lowest BCUT2D eigenvalue weighted by Crippen LogP contribution is -2.45. The molecule has 1 aromatic rings. The zero-order valence-electron chi connectivity index (χ0n) is 11.6. The average molecular weight is 316 g/mol. The van der Waals surface area contributed by atoms with Crippen molar-refractivity contribution in [3.05, 3.63) is 29.6 Å². The van der Waals surface area contributed by atoms with Crippen molar-refractivity contribution in [3.63, 3.8) is 0 Å². The summed E-state index contributed by atoms with van der Waals surface area (Å²) in [5.41, 5.74) is -0.191. The maximum absolute atomic E-state index is 13.4. The number of methoxy groups -OCH3 is 1. The van der Waals surface area contributed by atoms with Crippen LogP contribution in [0.25, 0.3) is 0 Å². The van der Waals surface area contributed by atoms with Crippen LogP contribution < -0.4 is 4.83 Å². The smallest absolute Gasteiger partial charge is 0.339 e. The monoisotopic (exact) mass is 316 g/mol. The molecule has 0 amide bonds. The Hall–Kier alpha value is -1.51. The summed E-state index contributed by atoms with van der Waals surface area (Å²) in [7, 11) is -2.89. The first kappa shape index (κ1) is 15.9. The van der Waals surface area contributed by atoms with Crippen LogP contribution in [0.5, 0.6) is 0 Å². The van der Waals surface area contributed by atoms with Gasteiger partial charge in [-0.2, -0.15) is 0 Å². The molecule has 0 unspecified atom stereocenters. The Morgan fingerprint density at radius 3 is 2.57 bits per heavy atom. The van der Waals surface area contributed by atoms with Crippen molar-refractivity contribution in [2.75, 3.05) is 20.2 Å². The van der Waals surface area contributed by atoms with Crippen LogP contribution in [0.2, 0.25) is 0 Å². The Labute approximate surface area is 122 Å². The highest BCUT2D eigenvalue weighted by Crippen LogP contribution is 2.19. The summed E-state index contributed by atoms with van der Waals surface area (Å²) in [6.45, 7) is 1.17. The Kier molecular flexibility index (Phi) is 4.92. The molecule has 1 aliphatic rings. The summed E-state index contributed by atoms with van der Waals surface area (Å²) < 4.78 is 42.6. The maximum Gasteiger partial charge on any atom is 0.339 e. The van der Waals surface area contributed by atoms with Crippen LogP contribution in [-0.2, 0) is 14.8 Å². The number of nitrogens with one attached hydrogen (secondary N) is 1. The quantitative estimate of drug-likeness (QED) is 0.847. The van der Waals surface area contributed by atoms with E-state index in [0.29, 0.717) is 13.1 Å². The molecule has 0 atom stereocenters. The predicted octanol–water partition coefficient (Wildman–Crippen LogP) is 1.29. The number of carbonyl (C=O) groups is 1. The molecular formula is C13H17FN2O4S. The Bertz CT molecular complexity index is 627. The number of benzene rings is 1. The van der Waals surface area contributed by atoms with E-state index in [1.807, 2.05) is 0 Å². The Morgan fingerprint density at radius 1 is 1.29 bits per heavy atom. The van der Waals surface area contributed by atoms with E-state index in [2.05, 4.69) is 9.57 Å².